The maximum absolute atomic E-state index is 11.7. The van der Waals surface area contributed by atoms with Crippen LogP contribution in [-0.2, 0) is 14.9 Å². The molecule has 0 heterocycles. The van der Waals surface area contributed by atoms with Gasteiger partial charge in [0.25, 0.3) is 16.0 Å². The van der Waals surface area contributed by atoms with E-state index in [1.165, 1.54) is 18.2 Å². The molecule has 9 heteroatoms. The average Bonchev–Trinajstić information content (AvgIpc) is 2.26. The first kappa shape index (κ1) is 15.4. The molecule has 0 spiro atoms. The van der Waals surface area contributed by atoms with Gasteiger partial charge in [0.05, 0.1) is 10.6 Å². The monoisotopic (exact) mass is 307 g/mol. The number of carbonyl (C=O) groups excluding carboxylic acids is 1. The van der Waals surface area contributed by atoms with E-state index < -0.39 is 33.8 Å². The van der Waals surface area contributed by atoms with Crippen molar-refractivity contribution in [2.24, 2.45) is 0 Å². The molecule has 0 aliphatic rings. The first-order valence-electron chi connectivity index (χ1n) is 4.94. The summed E-state index contributed by atoms with van der Waals surface area (Å²) in [6, 6.07) is 4.10. The molecule has 19 heavy (non-hydrogen) atoms. The number of halogens is 1. The van der Waals surface area contributed by atoms with E-state index in [1.54, 1.807) is 6.07 Å². The zero-order chi connectivity index (χ0) is 14.6. The number of hydrogen-bond acceptors (Lipinski definition) is 4. The Bertz CT molecular complexity index is 600. The minimum atomic E-state index is -4.53. The fourth-order valence-corrected chi connectivity index (χ4v) is 2.14. The summed E-state index contributed by atoms with van der Waals surface area (Å²) in [5.74, 6) is -3.56. The van der Waals surface area contributed by atoms with E-state index in [0.29, 0.717) is 0 Å². The Morgan fingerprint density at radius 2 is 1.89 bits per heavy atom. The molecule has 1 rings (SSSR count). The van der Waals surface area contributed by atoms with Crippen LogP contribution >= 0.6 is 11.6 Å². The summed E-state index contributed by atoms with van der Waals surface area (Å²) in [7, 11) is -4.53. The second-order valence-electron chi connectivity index (χ2n) is 3.59. The second-order valence-corrected chi connectivity index (χ2v) is 5.50. The predicted octanol–water partition coefficient (Wildman–Crippen LogP) is 0.411. The Morgan fingerprint density at radius 1 is 1.32 bits per heavy atom. The molecule has 0 saturated carbocycles. The van der Waals surface area contributed by atoms with Crippen molar-refractivity contribution >= 4 is 33.6 Å². The van der Waals surface area contributed by atoms with Crippen molar-refractivity contribution in [2.75, 3.05) is 5.75 Å². The largest absolute Gasteiger partial charge is 0.480 e. The van der Waals surface area contributed by atoms with E-state index >= 15 is 0 Å². The Morgan fingerprint density at radius 3 is 2.37 bits per heavy atom. The first-order chi connectivity index (χ1) is 8.70. The van der Waals surface area contributed by atoms with Gasteiger partial charge in [-0.15, -0.1) is 0 Å². The molecular weight excluding hydrogens is 298 g/mol. The zero-order valence-corrected chi connectivity index (χ0v) is 11.0. The molecule has 0 aromatic heterocycles. The minimum Gasteiger partial charge on any atom is -0.480 e. The maximum atomic E-state index is 11.7. The average molecular weight is 308 g/mol. The van der Waals surface area contributed by atoms with Gasteiger partial charge in [-0.25, -0.2) is 4.79 Å². The van der Waals surface area contributed by atoms with Gasteiger partial charge in [-0.2, -0.15) is 8.42 Å². The lowest BCUT2D eigenvalue weighted by Gasteiger charge is -2.13. The number of amides is 1. The van der Waals surface area contributed by atoms with Gasteiger partial charge in [-0.3, -0.25) is 9.35 Å². The lowest BCUT2D eigenvalue weighted by atomic mass is 10.2. The molecule has 0 aliphatic carbocycles. The number of carboxylic acid groups (broad SMARTS) is 1. The molecule has 0 saturated heterocycles. The zero-order valence-electron chi connectivity index (χ0n) is 9.41. The van der Waals surface area contributed by atoms with Crippen LogP contribution in [0.15, 0.2) is 24.3 Å². The van der Waals surface area contributed by atoms with Crippen molar-refractivity contribution in [3.63, 3.8) is 0 Å². The Hall–Kier alpha value is -1.64. The van der Waals surface area contributed by atoms with Gasteiger partial charge in [0.1, 0.15) is 11.8 Å². The molecule has 1 amide bonds. The summed E-state index contributed by atoms with van der Waals surface area (Å²) in [4.78, 5) is 22.5. The highest BCUT2D eigenvalue weighted by Crippen LogP contribution is 2.14. The molecule has 0 unspecified atom stereocenters. The van der Waals surface area contributed by atoms with Gasteiger partial charge in [0.15, 0.2) is 0 Å². The van der Waals surface area contributed by atoms with Gasteiger partial charge in [0, 0.05) is 0 Å². The number of nitrogens with one attached hydrogen (secondary N) is 1. The van der Waals surface area contributed by atoms with Crippen molar-refractivity contribution in [1.82, 2.24) is 5.32 Å². The molecule has 1 atom stereocenters. The van der Waals surface area contributed by atoms with Crippen LogP contribution in [0.5, 0.6) is 0 Å². The van der Waals surface area contributed by atoms with E-state index in [2.05, 4.69) is 0 Å². The van der Waals surface area contributed by atoms with E-state index in [4.69, 9.17) is 21.3 Å². The Balaban J connectivity index is 2.89. The fourth-order valence-electron chi connectivity index (χ4n) is 1.27. The van der Waals surface area contributed by atoms with E-state index in [9.17, 15) is 18.0 Å². The van der Waals surface area contributed by atoms with Crippen LogP contribution in [0, 0.1) is 0 Å². The first-order valence-corrected chi connectivity index (χ1v) is 6.93. The molecule has 0 aliphatic heterocycles. The molecule has 104 valence electrons. The molecular formula is C10H10ClNO6S. The summed E-state index contributed by atoms with van der Waals surface area (Å²) in [6.45, 7) is 0. The van der Waals surface area contributed by atoms with Gasteiger partial charge in [0.2, 0.25) is 0 Å². The van der Waals surface area contributed by atoms with Crippen LogP contribution in [0.4, 0.5) is 0 Å². The molecule has 7 nitrogen and oxygen atoms in total. The quantitative estimate of drug-likeness (QED) is 0.678. The smallest absolute Gasteiger partial charge is 0.327 e. The van der Waals surface area contributed by atoms with Crippen LogP contribution in [0.3, 0.4) is 0 Å². The van der Waals surface area contributed by atoms with E-state index in [-0.39, 0.29) is 10.6 Å². The molecule has 0 bridgehead atoms. The lowest BCUT2D eigenvalue weighted by Crippen LogP contribution is -2.45. The molecule has 1 aromatic rings. The third kappa shape index (κ3) is 4.86. The standard InChI is InChI=1S/C10H10ClNO6S/c11-7-4-2-1-3-6(7)9(13)12-8(10(14)15)5-19(16,17)18/h1-4,8H,5H2,(H,12,13)(H,14,15)(H,16,17,18)/t8-/m0/s1. The van der Waals surface area contributed by atoms with Gasteiger partial charge in [-0.1, -0.05) is 23.7 Å². The second kappa shape index (κ2) is 6.00. The summed E-state index contributed by atoms with van der Waals surface area (Å²) in [6.07, 6.45) is 0. The van der Waals surface area contributed by atoms with Crippen molar-refractivity contribution in [3.05, 3.63) is 34.9 Å². The minimum absolute atomic E-state index is 0.00533. The number of carboxylic acids is 1. The summed E-state index contributed by atoms with van der Waals surface area (Å²) >= 11 is 5.74. The Labute approximate surface area is 113 Å². The van der Waals surface area contributed by atoms with Crippen molar-refractivity contribution < 1.29 is 27.7 Å². The highest BCUT2D eigenvalue weighted by atomic mass is 35.5. The van der Waals surface area contributed by atoms with Crippen molar-refractivity contribution in [3.8, 4) is 0 Å². The highest BCUT2D eigenvalue weighted by Gasteiger charge is 2.26. The number of aliphatic carboxylic acids is 1. The van der Waals surface area contributed by atoms with E-state index in [0.717, 1.165) is 0 Å². The number of benzene rings is 1. The van der Waals surface area contributed by atoms with Gasteiger partial charge in [-0.05, 0) is 12.1 Å². The van der Waals surface area contributed by atoms with Crippen LogP contribution < -0.4 is 5.32 Å². The van der Waals surface area contributed by atoms with Gasteiger partial charge < -0.3 is 10.4 Å². The lowest BCUT2D eigenvalue weighted by molar-refractivity contribution is -0.138. The number of carbonyl (C=O) groups is 2. The van der Waals surface area contributed by atoms with Crippen LogP contribution in [-0.4, -0.2) is 41.7 Å². The third-order valence-corrected chi connectivity index (χ3v) is 3.18. The summed E-state index contributed by atoms with van der Waals surface area (Å²) in [5.41, 5.74) is 0.00533. The molecule has 0 radical (unpaired) electrons. The summed E-state index contributed by atoms with van der Waals surface area (Å²) in [5, 5.41) is 10.8. The molecule has 1 aromatic carbocycles. The highest BCUT2D eigenvalue weighted by molar-refractivity contribution is 7.85. The SMILES string of the molecule is O=C(N[C@@H](CS(=O)(=O)O)C(=O)O)c1ccccc1Cl. The van der Waals surface area contributed by atoms with Crippen LogP contribution in [0.2, 0.25) is 5.02 Å². The van der Waals surface area contributed by atoms with Crippen molar-refractivity contribution in [1.29, 1.82) is 0 Å². The third-order valence-electron chi connectivity index (χ3n) is 2.10. The topological polar surface area (TPSA) is 121 Å². The maximum Gasteiger partial charge on any atom is 0.327 e. The normalized spacial score (nSPS) is 12.7. The predicted molar refractivity (Wildman–Crippen MR) is 66.8 cm³/mol. The fraction of sp³-hybridized carbons (Fsp3) is 0.200. The number of rotatable bonds is 5. The molecule has 0 fully saturated rings. The van der Waals surface area contributed by atoms with Crippen molar-refractivity contribution in [2.45, 2.75) is 6.04 Å². The van der Waals surface area contributed by atoms with Crippen LogP contribution in [0.25, 0.3) is 0 Å². The molecule has 3 N–H and O–H groups in total. The summed E-state index contributed by atoms with van der Waals surface area (Å²) < 4.78 is 29.9. The van der Waals surface area contributed by atoms with E-state index in [1.807, 2.05) is 5.32 Å². The van der Waals surface area contributed by atoms with Crippen LogP contribution in [0.1, 0.15) is 10.4 Å². The van der Waals surface area contributed by atoms with Gasteiger partial charge >= 0.3 is 5.97 Å². The number of hydrogen-bond donors (Lipinski definition) is 3. The Kier molecular flexibility index (Phi) is 4.87.